The molecule has 3 nitrogen and oxygen atoms in total. The first-order chi connectivity index (χ1) is 6.29. The van der Waals surface area contributed by atoms with Gasteiger partial charge in [0.15, 0.2) is 0 Å². The first kappa shape index (κ1) is 8.75. The maximum atomic E-state index is 5.32. The summed E-state index contributed by atoms with van der Waals surface area (Å²) in [4.78, 5) is 0. The molecule has 0 aliphatic carbocycles. The van der Waals surface area contributed by atoms with Crippen LogP contribution in [0.3, 0.4) is 0 Å². The molecule has 2 rings (SSSR count). The largest absolute Gasteiger partial charge is 0.361 e. The Morgan fingerprint density at radius 2 is 2.46 bits per heavy atom. The second-order valence-corrected chi connectivity index (χ2v) is 3.99. The molecule has 1 N–H and O–H groups in total. The third-order valence-electron chi connectivity index (χ3n) is 2.68. The Labute approximate surface area is 78.5 Å². The summed E-state index contributed by atoms with van der Waals surface area (Å²) in [5.41, 5.74) is 1.27. The highest BCUT2D eigenvalue weighted by Gasteiger charge is 2.24. The fourth-order valence-electron chi connectivity index (χ4n) is 1.88. The average Bonchev–Trinajstić information content (AvgIpc) is 2.74. The number of hydrogen-bond donors (Lipinski definition) is 1. The van der Waals surface area contributed by atoms with Crippen molar-refractivity contribution in [1.29, 1.82) is 0 Å². The zero-order valence-corrected chi connectivity index (χ0v) is 8.21. The monoisotopic (exact) mass is 180 g/mol. The average molecular weight is 180 g/mol. The van der Waals surface area contributed by atoms with Crippen molar-refractivity contribution in [3.63, 3.8) is 0 Å². The number of hydrogen-bond acceptors (Lipinski definition) is 3. The molecule has 1 aliphatic rings. The quantitative estimate of drug-likeness (QED) is 0.755. The fourth-order valence-corrected chi connectivity index (χ4v) is 1.88. The number of rotatable bonds is 2. The van der Waals surface area contributed by atoms with E-state index < -0.39 is 0 Å². The van der Waals surface area contributed by atoms with E-state index in [-0.39, 0.29) is 0 Å². The smallest absolute Gasteiger partial charge is 0.144 e. The van der Waals surface area contributed by atoms with Crippen LogP contribution in [0.15, 0.2) is 10.7 Å². The Kier molecular flexibility index (Phi) is 2.36. The van der Waals surface area contributed by atoms with Gasteiger partial charge in [-0.05, 0) is 18.9 Å². The molecular formula is C10H16N2O. The van der Waals surface area contributed by atoms with Crippen LogP contribution in [0.2, 0.25) is 0 Å². The maximum Gasteiger partial charge on any atom is 0.144 e. The zero-order valence-electron chi connectivity index (χ0n) is 8.21. The predicted molar refractivity (Wildman–Crippen MR) is 50.8 cm³/mol. The van der Waals surface area contributed by atoms with Gasteiger partial charge in [-0.2, -0.15) is 0 Å². The summed E-state index contributed by atoms with van der Waals surface area (Å²) in [6.07, 6.45) is 3.03. The maximum absolute atomic E-state index is 5.32. The summed E-state index contributed by atoms with van der Waals surface area (Å²) < 4.78 is 5.32. The molecule has 0 saturated carbocycles. The van der Waals surface area contributed by atoms with Crippen LogP contribution in [0.1, 0.15) is 43.4 Å². The minimum absolute atomic E-state index is 0.516. The molecule has 13 heavy (non-hydrogen) atoms. The molecule has 0 aromatic carbocycles. The lowest BCUT2D eigenvalue weighted by molar-refractivity contribution is 0.362. The van der Waals surface area contributed by atoms with Crippen LogP contribution in [0, 0.1) is 0 Å². The highest BCUT2D eigenvalue weighted by molar-refractivity contribution is 5.22. The van der Waals surface area contributed by atoms with Gasteiger partial charge in [0.25, 0.3) is 0 Å². The van der Waals surface area contributed by atoms with Gasteiger partial charge in [0.2, 0.25) is 0 Å². The van der Waals surface area contributed by atoms with Gasteiger partial charge in [-0.15, -0.1) is 0 Å². The summed E-state index contributed by atoms with van der Waals surface area (Å²) in [6, 6.07) is 0. The molecule has 0 bridgehead atoms. The lowest BCUT2D eigenvalue weighted by atomic mass is 9.96. The van der Waals surface area contributed by atoms with Crippen molar-refractivity contribution in [3.05, 3.63) is 17.5 Å². The molecule has 1 aromatic rings. The summed E-state index contributed by atoms with van der Waals surface area (Å²) >= 11 is 0. The van der Waals surface area contributed by atoms with Gasteiger partial charge in [0, 0.05) is 18.0 Å². The van der Waals surface area contributed by atoms with Gasteiger partial charge in [-0.25, -0.2) is 0 Å². The Morgan fingerprint density at radius 3 is 3.08 bits per heavy atom. The Balaban J connectivity index is 2.23. The molecule has 0 spiro atoms. The summed E-state index contributed by atoms with van der Waals surface area (Å²) in [7, 11) is 0. The molecular weight excluding hydrogens is 164 g/mol. The standard InChI is InChI=1S/C10H16N2O/c1-7(2)9-6-12-13-10(9)8-3-4-11-5-8/h6-8,11H,3-5H2,1-2H3. The van der Waals surface area contributed by atoms with E-state index in [4.69, 9.17) is 4.52 Å². The second kappa shape index (κ2) is 3.50. The van der Waals surface area contributed by atoms with Crippen LogP contribution in [0.4, 0.5) is 0 Å². The number of nitrogens with one attached hydrogen (secondary N) is 1. The number of nitrogens with zero attached hydrogens (tertiary/aromatic N) is 1. The fraction of sp³-hybridized carbons (Fsp3) is 0.700. The van der Waals surface area contributed by atoms with Gasteiger partial charge >= 0.3 is 0 Å². The van der Waals surface area contributed by atoms with Crippen molar-refractivity contribution in [2.24, 2.45) is 0 Å². The third kappa shape index (κ3) is 1.61. The van der Waals surface area contributed by atoms with Gasteiger partial charge in [0.05, 0.1) is 6.20 Å². The van der Waals surface area contributed by atoms with Crippen LogP contribution in [-0.2, 0) is 0 Å². The van der Waals surface area contributed by atoms with E-state index >= 15 is 0 Å². The minimum Gasteiger partial charge on any atom is -0.361 e. The van der Waals surface area contributed by atoms with Crippen molar-refractivity contribution in [1.82, 2.24) is 10.5 Å². The van der Waals surface area contributed by atoms with Crippen molar-refractivity contribution in [2.45, 2.75) is 32.1 Å². The highest BCUT2D eigenvalue weighted by atomic mass is 16.5. The molecule has 1 atom stereocenters. The van der Waals surface area contributed by atoms with E-state index in [1.807, 2.05) is 6.20 Å². The van der Waals surface area contributed by atoms with Crippen molar-refractivity contribution < 1.29 is 4.52 Å². The summed E-state index contributed by atoms with van der Waals surface area (Å²) in [6.45, 7) is 6.49. The van der Waals surface area contributed by atoms with Crippen molar-refractivity contribution in [3.8, 4) is 0 Å². The molecule has 1 aromatic heterocycles. The Bertz CT molecular complexity index is 274. The first-order valence-corrected chi connectivity index (χ1v) is 4.94. The normalized spacial score (nSPS) is 22.8. The summed E-state index contributed by atoms with van der Waals surface area (Å²) in [5.74, 6) is 2.15. The lowest BCUT2D eigenvalue weighted by Crippen LogP contribution is -2.08. The van der Waals surface area contributed by atoms with E-state index in [2.05, 4.69) is 24.3 Å². The predicted octanol–water partition coefficient (Wildman–Crippen LogP) is 1.87. The molecule has 1 unspecified atom stereocenters. The molecule has 1 saturated heterocycles. The molecule has 0 radical (unpaired) electrons. The SMILES string of the molecule is CC(C)c1cnoc1C1CCNC1. The van der Waals surface area contributed by atoms with Crippen LogP contribution in [-0.4, -0.2) is 18.2 Å². The first-order valence-electron chi connectivity index (χ1n) is 4.94. The summed E-state index contributed by atoms with van der Waals surface area (Å²) in [5, 5.41) is 7.22. The Morgan fingerprint density at radius 1 is 1.62 bits per heavy atom. The molecule has 0 amide bonds. The van der Waals surface area contributed by atoms with E-state index in [0.717, 1.165) is 18.8 Å². The second-order valence-electron chi connectivity index (χ2n) is 3.99. The van der Waals surface area contributed by atoms with Gasteiger partial charge < -0.3 is 9.84 Å². The van der Waals surface area contributed by atoms with Crippen molar-refractivity contribution >= 4 is 0 Å². The topological polar surface area (TPSA) is 38.1 Å². The number of aromatic nitrogens is 1. The van der Waals surface area contributed by atoms with E-state index in [0.29, 0.717) is 11.8 Å². The van der Waals surface area contributed by atoms with Crippen LogP contribution < -0.4 is 5.32 Å². The highest BCUT2D eigenvalue weighted by Crippen LogP contribution is 2.29. The lowest BCUT2D eigenvalue weighted by Gasteiger charge is -2.08. The zero-order chi connectivity index (χ0) is 9.26. The van der Waals surface area contributed by atoms with E-state index in [1.165, 1.54) is 12.0 Å². The Hall–Kier alpha value is -0.830. The molecule has 72 valence electrons. The van der Waals surface area contributed by atoms with Crippen LogP contribution in [0.5, 0.6) is 0 Å². The minimum atomic E-state index is 0.516. The van der Waals surface area contributed by atoms with Gasteiger partial charge in [0.1, 0.15) is 5.76 Å². The molecule has 1 fully saturated rings. The molecule has 2 heterocycles. The van der Waals surface area contributed by atoms with Gasteiger partial charge in [-0.1, -0.05) is 19.0 Å². The van der Waals surface area contributed by atoms with Crippen LogP contribution in [0.25, 0.3) is 0 Å². The van der Waals surface area contributed by atoms with Gasteiger partial charge in [-0.3, -0.25) is 0 Å². The van der Waals surface area contributed by atoms with Crippen LogP contribution >= 0.6 is 0 Å². The van der Waals surface area contributed by atoms with Crippen molar-refractivity contribution in [2.75, 3.05) is 13.1 Å². The third-order valence-corrected chi connectivity index (χ3v) is 2.68. The van der Waals surface area contributed by atoms with E-state index in [1.54, 1.807) is 0 Å². The molecule has 1 aliphatic heterocycles. The van der Waals surface area contributed by atoms with E-state index in [9.17, 15) is 0 Å². The molecule has 3 heteroatoms.